The highest BCUT2D eigenvalue weighted by atomic mass is 16.2. The van der Waals surface area contributed by atoms with Crippen molar-refractivity contribution >= 4 is 28.8 Å². The lowest BCUT2D eigenvalue weighted by atomic mass is 9.95. The monoisotopic (exact) mass is 404 g/mol. The number of piperidine rings is 1. The first-order valence-electron chi connectivity index (χ1n) is 10.9. The maximum Gasteiger partial charge on any atom is 0.246 e. The van der Waals surface area contributed by atoms with E-state index in [1.165, 1.54) is 0 Å². The summed E-state index contributed by atoms with van der Waals surface area (Å²) in [6.45, 7) is 3.69. The van der Waals surface area contributed by atoms with E-state index >= 15 is 0 Å². The Kier molecular flexibility index (Phi) is 6.18. The van der Waals surface area contributed by atoms with Crippen molar-refractivity contribution in [1.82, 2.24) is 14.4 Å². The summed E-state index contributed by atoms with van der Waals surface area (Å²) < 4.78 is 2.07. The zero-order valence-electron chi connectivity index (χ0n) is 17.3. The van der Waals surface area contributed by atoms with Crippen LogP contribution < -0.4 is 0 Å². The number of likely N-dealkylation sites (tertiary alicyclic amines) is 2. The van der Waals surface area contributed by atoms with E-state index in [0.29, 0.717) is 26.1 Å². The summed E-state index contributed by atoms with van der Waals surface area (Å²) in [6, 6.07) is 10.2. The van der Waals surface area contributed by atoms with Gasteiger partial charge in [0.15, 0.2) is 0 Å². The smallest absolute Gasteiger partial charge is 0.246 e. The second-order valence-corrected chi connectivity index (χ2v) is 8.17. The van der Waals surface area contributed by atoms with Gasteiger partial charge >= 0.3 is 0 Å². The molecule has 0 unspecified atom stereocenters. The number of nitriles is 1. The number of carbonyl (C=O) groups excluding carboxylic acids is 2. The van der Waals surface area contributed by atoms with Gasteiger partial charge in [-0.25, -0.2) is 0 Å². The standard InChI is InChI=1S/C24H28N4O2/c25-12-5-15-28-18-20(21-6-1-2-7-22(21)28)8-9-23(29)26-16-10-19(11-17-26)24(30)27-13-3-4-14-27/h1-2,6-9,18-19H,3-5,10-11,13-17H2/b9-8+. The fourth-order valence-corrected chi connectivity index (χ4v) is 4.57. The number of rotatable bonds is 5. The molecule has 0 bridgehead atoms. The van der Waals surface area contributed by atoms with Crippen LogP contribution in [0.2, 0.25) is 0 Å². The molecule has 156 valence electrons. The Morgan fingerprint density at radius 1 is 1.07 bits per heavy atom. The highest BCUT2D eigenvalue weighted by molar-refractivity contribution is 5.96. The lowest BCUT2D eigenvalue weighted by molar-refractivity contribution is -0.138. The number of amides is 2. The maximum atomic E-state index is 12.7. The third-order valence-corrected chi connectivity index (χ3v) is 6.26. The second-order valence-electron chi connectivity index (χ2n) is 8.17. The van der Waals surface area contributed by atoms with Crippen LogP contribution in [0.15, 0.2) is 36.5 Å². The van der Waals surface area contributed by atoms with Gasteiger partial charge < -0.3 is 14.4 Å². The molecule has 2 saturated heterocycles. The molecular formula is C24H28N4O2. The molecule has 2 amide bonds. The average Bonchev–Trinajstić information content (AvgIpc) is 3.44. The minimum Gasteiger partial charge on any atom is -0.346 e. The fraction of sp³-hybridized carbons (Fsp3) is 0.458. The summed E-state index contributed by atoms with van der Waals surface area (Å²) in [6.07, 6.45) is 9.69. The highest BCUT2D eigenvalue weighted by Crippen LogP contribution is 2.24. The predicted molar refractivity (Wildman–Crippen MR) is 116 cm³/mol. The quantitative estimate of drug-likeness (QED) is 0.717. The minimum atomic E-state index is -0.00377. The van der Waals surface area contributed by atoms with Crippen LogP contribution in [0.1, 0.15) is 37.7 Å². The van der Waals surface area contributed by atoms with E-state index in [9.17, 15) is 9.59 Å². The van der Waals surface area contributed by atoms with E-state index in [-0.39, 0.29) is 17.7 Å². The summed E-state index contributed by atoms with van der Waals surface area (Å²) in [7, 11) is 0. The van der Waals surface area contributed by atoms with Gasteiger partial charge in [0.25, 0.3) is 0 Å². The van der Waals surface area contributed by atoms with Crippen LogP contribution >= 0.6 is 0 Å². The van der Waals surface area contributed by atoms with Crippen LogP contribution in [0.3, 0.4) is 0 Å². The van der Waals surface area contributed by atoms with E-state index in [2.05, 4.69) is 10.6 Å². The van der Waals surface area contributed by atoms with Crippen molar-refractivity contribution in [3.63, 3.8) is 0 Å². The third kappa shape index (κ3) is 4.25. The molecule has 0 aliphatic carbocycles. The van der Waals surface area contributed by atoms with E-state index < -0.39 is 0 Å². The van der Waals surface area contributed by atoms with Crippen molar-refractivity contribution in [1.29, 1.82) is 5.26 Å². The van der Waals surface area contributed by atoms with Crippen molar-refractivity contribution in [2.75, 3.05) is 26.2 Å². The molecule has 2 aliphatic rings. The third-order valence-electron chi connectivity index (χ3n) is 6.26. The lowest BCUT2D eigenvalue weighted by Gasteiger charge is -2.32. The number of aromatic nitrogens is 1. The lowest BCUT2D eigenvalue weighted by Crippen LogP contribution is -2.43. The maximum absolute atomic E-state index is 12.7. The summed E-state index contributed by atoms with van der Waals surface area (Å²) in [4.78, 5) is 29.1. The Morgan fingerprint density at radius 3 is 2.53 bits per heavy atom. The molecule has 2 aromatic rings. The van der Waals surface area contributed by atoms with E-state index in [0.717, 1.165) is 55.2 Å². The topological polar surface area (TPSA) is 69.3 Å². The first-order chi connectivity index (χ1) is 14.7. The van der Waals surface area contributed by atoms with Crippen molar-refractivity contribution in [3.05, 3.63) is 42.1 Å². The fourth-order valence-electron chi connectivity index (χ4n) is 4.57. The zero-order chi connectivity index (χ0) is 20.9. The van der Waals surface area contributed by atoms with Gasteiger partial charge in [-0.2, -0.15) is 5.26 Å². The Morgan fingerprint density at radius 2 is 1.80 bits per heavy atom. The Labute approximate surface area is 177 Å². The van der Waals surface area contributed by atoms with Gasteiger partial charge in [-0.3, -0.25) is 9.59 Å². The second kappa shape index (κ2) is 9.17. The van der Waals surface area contributed by atoms with Gasteiger partial charge in [0.1, 0.15) is 0 Å². The normalized spacial score (nSPS) is 17.7. The molecule has 2 fully saturated rings. The number of para-hydroxylation sites is 1. The van der Waals surface area contributed by atoms with Crippen LogP contribution in [0, 0.1) is 17.2 Å². The number of hydrogen-bond acceptors (Lipinski definition) is 3. The molecule has 0 spiro atoms. The molecule has 3 heterocycles. The van der Waals surface area contributed by atoms with E-state index in [4.69, 9.17) is 5.26 Å². The molecule has 0 saturated carbocycles. The number of hydrogen-bond donors (Lipinski definition) is 0. The molecule has 1 aromatic carbocycles. The molecule has 4 rings (SSSR count). The van der Waals surface area contributed by atoms with Gasteiger partial charge in [-0.15, -0.1) is 0 Å². The summed E-state index contributed by atoms with van der Waals surface area (Å²) in [5.41, 5.74) is 2.05. The SMILES string of the molecule is N#CCCn1cc(/C=C/C(=O)N2CCC(C(=O)N3CCCC3)CC2)c2ccccc21. The van der Waals surface area contributed by atoms with Crippen LogP contribution in [0.5, 0.6) is 0 Å². The number of carbonyl (C=O) groups is 2. The van der Waals surface area contributed by atoms with Gasteiger partial charge in [-0.1, -0.05) is 18.2 Å². The largest absolute Gasteiger partial charge is 0.346 e. The highest BCUT2D eigenvalue weighted by Gasteiger charge is 2.30. The molecule has 0 atom stereocenters. The molecule has 30 heavy (non-hydrogen) atoms. The average molecular weight is 405 g/mol. The number of aryl methyl sites for hydroxylation is 1. The van der Waals surface area contributed by atoms with E-state index in [1.54, 1.807) is 6.08 Å². The van der Waals surface area contributed by atoms with Crippen molar-refractivity contribution < 1.29 is 9.59 Å². The van der Waals surface area contributed by atoms with E-state index in [1.807, 2.05) is 46.3 Å². The van der Waals surface area contributed by atoms with Crippen molar-refractivity contribution in [3.8, 4) is 6.07 Å². The Balaban J connectivity index is 1.39. The molecule has 6 nitrogen and oxygen atoms in total. The predicted octanol–water partition coefficient (Wildman–Crippen LogP) is 3.43. The number of benzene rings is 1. The summed E-state index contributed by atoms with van der Waals surface area (Å²) in [5, 5.41) is 9.97. The first-order valence-corrected chi connectivity index (χ1v) is 10.9. The molecule has 6 heteroatoms. The van der Waals surface area contributed by atoms with Gasteiger partial charge in [0, 0.05) is 67.4 Å². The van der Waals surface area contributed by atoms with Crippen LogP contribution in [-0.2, 0) is 16.1 Å². The van der Waals surface area contributed by atoms with Gasteiger partial charge in [-0.05, 0) is 37.8 Å². The number of nitrogens with zero attached hydrogens (tertiary/aromatic N) is 4. The van der Waals surface area contributed by atoms with Gasteiger partial charge in [0.05, 0.1) is 12.5 Å². The van der Waals surface area contributed by atoms with Crippen molar-refractivity contribution in [2.24, 2.45) is 5.92 Å². The molecule has 1 aromatic heterocycles. The van der Waals surface area contributed by atoms with Crippen molar-refractivity contribution in [2.45, 2.75) is 38.6 Å². The molecule has 2 aliphatic heterocycles. The molecule has 0 N–H and O–H groups in total. The molecule has 0 radical (unpaired) electrons. The van der Waals surface area contributed by atoms with Crippen LogP contribution in [0.4, 0.5) is 0 Å². The number of fused-ring (bicyclic) bond motifs is 1. The Bertz CT molecular complexity index is 986. The molecular weight excluding hydrogens is 376 g/mol. The zero-order valence-corrected chi connectivity index (χ0v) is 17.3. The van der Waals surface area contributed by atoms with Crippen LogP contribution in [0.25, 0.3) is 17.0 Å². The summed E-state index contributed by atoms with van der Waals surface area (Å²) >= 11 is 0. The summed E-state index contributed by atoms with van der Waals surface area (Å²) in [5.74, 6) is 0.338. The Hall–Kier alpha value is -3.07. The van der Waals surface area contributed by atoms with Gasteiger partial charge in [0.2, 0.25) is 11.8 Å². The first kappa shape index (κ1) is 20.2. The van der Waals surface area contributed by atoms with Crippen LogP contribution in [-0.4, -0.2) is 52.4 Å². The minimum absolute atomic E-state index is 0.00377.